The summed E-state index contributed by atoms with van der Waals surface area (Å²) < 4.78 is 1.12. The summed E-state index contributed by atoms with van der Waals surface area (Å²) in [5.74, 6) is 1.04. The van der Waals surface area contributed by atoms with Gasteiger partial charge in [0, 0.05) is 16.5 Å². The van der Waals surface area contributed by atoms with Crippen molar-refractivity contribution in [3.8, 4) is 5.75 Å². The molecule has 0 aliphatic heterocycles. The van der Waals surface area contributed by atoms with E-state index in [1.807, 2.05) is 18.2 Å². The normalized spacial score (nSPS) is 10.8. The predicted octanol–water partition coefficient (Wildman–Crippen LogP) is 4.38. The number of fused-ring (bicyclic) bond motifs is 1. The van der Waals surface area contributed by atoms with Crippen LogP contribution >= 0.6 is 27.3 Å². The number of nitrogens with zero attached hydrogens (tertiary/aromatic N) is 1. The largest absolute Gasteiger partial charge is 0.508 e. The first-order valence-corrected chi connectivity index (χ1v) is 7.39. The monoisotopic (exact) mass is 334 g/mol. The summed E-state index contributed by atoms with van der Waals surface area (Å²) in [5.41, 5.74) is 0. The zero-order valence-corrected chi connectivity index (χ0v) is 12.3. The summed E-state index contributed by atoms with van der Waals surface area (Å²) >= 11 is 5.14. The number of nitrogens with one attached hydrogen (secondary N) is 1. The molecule has 2 N–H and O–H groups in total. The van der Waals surface area contributed by atoms with Crippen molar-refractivity contribution in [2.75, 3.05) is 5.32 Å². The molecule has 0 unspecified atom stereocenters. The number of halogens is 1. The maximum absolute atomic E-state index is 9.58. The second-order valence-electron chi connectivity index (χ2n) is 4.12. The van der Waals surface area contributed by atoms with E-state index in [0.29, 0.717) is 0 Å². The summed E-state index contributed by atoms with van der Waals surface area (Å²) in [6.45, 7) is 0.720. The number of benzene rings is 1. The number of pyridine rings is 1. The van der Waals surface area contributed by atoms with E-state index in [4.69, 9.17) is 0 Å². The molecular formula is C14H11BrN2OS. The van der Waals surface area contributed by atoms with Crippen molar-refractivity contribution >= 4 is 43.9 Å². The van der Waals surface area contributed by atoms with E-state index >= 15 is 0 Å². The maximum atomic E-state index is 9.58. The summed E-state index contributed by atoms with van der Waals surface area (Å²) in [6.07, 6.45) is 1.77. The number of hydrogen-bond donors (Lipinski definition) is 2. The molecule has 3 aromatic rings. The van der Waals surface area contributed by atoms with Gasteiger partial charge in [-0.15, -0.1) is 11.3 Å². The fourth-order valence-corrected chi connectivity index (χ4v) is 3.34. The van der Waals surface area contributed by atoms with E-state index in [0.717, 1.165) is 26.9 Å². The molecule has 0 saturated carbocycles. The van der Waals surface area contributed by atoms with E-state index in [-0.39, 0.29) is 5.75 Å². The average molecular weight is 335 g/mol. The van der Waals surface area contributed by atoms with Gasteiger partial charge in [-0.1, -0.05) is 6.07 Å². The molecule has 0 amide bonds. The number of aromatic nitrogens is 1. The number of phenolic OH excluding ortho intramolecular Hbond substituents is 1. The van der Waals surface area contributed by atoms with Crippen LogP contribution in [0.15, 0.2) is 46.4 Å². The Morgan fingerprint density at radius 1 is 1.21 bits per heavy atom. The molecule has 3 nitrogen and oxygen atoms in total. The van der Waals surface area contributed by atoms with Crippen molar-refractivity contribution in [1.82, 2.24) is 4.98 Å². The van der Waals surface area contributed by atoms with Crippen LogP contribution in [0.25, 0.3) is 10.8 Å². The molecule has 19 heavy (non-hydrogen) atoms. The first-order valence-electron chi connectivity index (χ1n) is 5.78. The highest BCUT2D eigenvalue weighted by Crippen LogP contribution is 2.27. The first-order chi connectivity index (χ1) is 9.22. The molecule has 96 valence electrons. The van der Waals surface area contributed by atoms with Gasteiger partial charge in [0.2, 0.25) is 0 Å². The highest BCUT2D eigenvalue weighted by Gasteiger charge is 2.04. The Balaban J connectivity index is 1.90. The lowest BCUT2D eigenvalue weighted by molar-refractivity contribution is 0.476. The number of thiophene rings is 1. The number of phenols is 1. The van der Waals surface area contributed by atoms with E-state index in [1.165, 1.54) is 4.88 Å². The van der Waals surface area contributed by atoms with Gasteiger partial charge in [-0.2, -0.15) is 0 Å². The van der Waals surface area contributed by atoms with Gasteiger partial charge in [-0.25, -0.2) is 4.98 Å². The van der Waals surface area contributed by atoms with Crippen molar-refractivity contribution in [3.63, 3.8) is 0 Å². The second kappa shape index (κ2) is 5.19. The molecule has 2 heterocycles. The summed E-state index contributed by atoms with van der Waals surface area (Å²) in [6, 6.07) is 11.3. The summed E-state index contributed by atoms with van der Waals surface area (Å²) in [5, 5.41) is 14.9. The van der Waals surface area contributed by atoms with Crippen LogP contribution in [0.1, 0.15) is 4.88 Å². The minimum absolute atomic E-state index is 0.252. The topological polar surface area (TPSA) is 45.2 Å². The molecule has 0 spiro atoms. The molecular weight excluding hydrogens is 324 g/mol. The summed E-state index contributed by atoms with van der Waals surface area (Å²) in [7, 11) is 0. The molecule has 0 fully saturated rings. The van der Waals surface area contributed by atoms with Gasteiger partial charge in [0.05, 0.1) is 10.3 Å². The summed E-state index contributed by atoms with van der Waals surface area (Å²) in [4.78, 5) is 5.57. The van der Waals surface area contributed by atoms with E-state index in [1.54, 1.807) is 29.7 Å². The van der Waals surface area contributed by atoms with Gasteiger partial charge in [-0.3, -0.25) is 0 Å². The van der Waals surface area contributed by atoms with Crippen molar-refractivity contribution in [2.24, 2.45) is 0 Å². The smallest absolute Gasteiger partial charge is 0.134 e. The predicted molar refractivity (Wildman–Crippen MR) is 82.8 cm³/mol. The second-order valence-corrected chi connectivity index (χ2v) is 6.67. The van der Waals surface area contributed by atoms with Crippen LogP contribution in [0, 0.1) is 0 Å². The third-order valence-electron chi connectivity index (χ3n) is 2.81. The minimum Gasteiger partial charge on any atom is -0.508 e. The third kappa shape index (κ3) is 2.72. The van der Waals surface area contributed by atoms with Crippen molar-refractivity contribution in [2.45, 2.75) is 6.54 Å². The van der Waals surface area contributed by atoms with Crippen LogP contribution in [0.2, 0.25) is 0 Å². The Labute approximate surface area is 123 Å². The lowest BCUT2D eigenvalue weighted by atomic mass is 10.1. The molecule has 0 saturated heterocycles. The van der Waals surface area contributed by atoms with Crippen molar-refractivity contribution in [1.29, 1.82) is 0 Å². The molecule has 2 aromatic heterocycles. The van der Waals surface area contributed by atoms with Crippen molar-refractivity contribution < 1.29 is 5.11 Å². The zero-order valence-electron chi connectivity index (χ0n) is 9.93. The SMILES string of the molecule is Oc1ccc2ccnc(NCc3ccc(Br)s3)c2c1. The number of hydrogen-bond acceptors (Lipinski definition) is 4. The number of rotatable bonds is 3. The zero-order chi connectivity index (χ0) is 13.2. The van der Waals surface area contributed by atoms with Crippen LogP contribution in [-0.2, 0) is 6.54 Å². The highest BCUT2D eigenvalue weighted by atomic mass is 79.9. The lowest BCUT2D eigenvalue weighted by Gasteiger charge is -2.08. The van der Waals surface area contributed by atoms with Gasteiger partial charge >= 0.3 is 0 Å². The highest BCUT2D eigenvalue weighted by molar-refractivity contribution is 9.11. The maximum Gasteiger partial charge on any atom is 0.134 e. The molecule has 0 radical (unpaired) electrons. The standard InChI is InChI=1S/C14H11BrN2OS/c15-13-4-3-11(19-13)8-17-14-12-7-10(18)2-1-9(12)5-6-16-14/h1-7,18H,8H2,(H,16,17). The van der Waals surface area contributed by atoms with Gasteiger partial charge < -0.3 is 10.4 Å². The van der Waals surface area contributed by atoms with Gasteiger partial charge in [0.25, 0.3) is 0 Å². The number of anilines is 1. The Hall–Kier alpha value is -1.59. The fourth-order valence-electron chi connectivity index (χ4n) is 1.91. The number of aromatic hydroxyl groups is 1. The van der Waals surface area contributed by atoms with Crippen LogP contribution in [0.4, 0.5) is 5.82 Å². The van der Waals surface area contributed by atoms with E-state index in [9.17, 15) is 5.11 Å². The quantitative estimate of drug-likeness (QED) is 0.747. The fraction of sp³-hybridized carbons (Fsp3) is 0.0714. The molecule has 0 aliphatic rings. The van der Waals surface area contributed by atoms with E-state index in [2.05, 4.69) is 32.3 Å². The lowest BCUT2D eigenvalue weighted by Crippen LogP contribution is -2.00. The van der Waals surface area contributed by atoms with Gasteiger partial charge in [0.1, 0.15) is 11.6 Å². The Kier molecular flexibility index (Phi) is 3.40. The van der Waals surface area contributed by atoms with Crippen LogP contribution < -0.4 is 5.32 Å². The Bertz CT molecular complexity index is 726. The minimum atomic E-state index is 0.252. The van der Waals surface area contributed by atoms with Crippen LogP contribution in [0.3, 0.4) is 0 Å². The van der Waals surface area contributed by atoms with Crippen LogP contribution in [-0.4, -0.2) is 10.1 Å². The molecule has 3 rings (SSSR count). The first kappa shape index (κ1) is 12.4. The van der Waals surface area contributed by atoms with Gasteiger partial charge in [-0.05, 0) is 51.6 Å². The van der Waals surface area contributed by atoms with Crippen molar-refractivity contribution in [3.05, 3.63) is 51.3 Å². The molecule has 1 aromatic carbocycles. The average Bonchev–Trinajstić information content (AvgIpc) is 2.82. The molecule has 0 atom stereocenters. The van der Waals surface area contributed by atoms with E-state index < -0.39 is 0 Å². The third-order valence-corrected chi connectivity index (χ3v) is 4.43. The molecule has 5 heteroatoms. The Morgan fingerprint density at radius 2 is 2.11 bits per heavy atom. The van der Waals surface area contributed by atoms with Crippen LogP contribution in [0.5, 0.6) is 5.75 Å². The Morgan fingerprint density at radius 3 is 2.89 bits per heavy atom. The molecule has 0 bridgehead atoms. The molecule has 0 aliphatic carbocycles. The van der Waals surface area contributed by atoms with Gasteiger partial charge in [0.15, 0.2) is 0 Å².